The lowest BCUT2D eigenvalue weighted by Crippen LogP contribution is -2.48. The zero-order valence-electron chi connectivity index (χ0n) is 16.6. The summed E-state index contributed by atoms with van der Waals surface area (Å²) in [4.78, 5) is 27.3. The molecule has 0 radical (unpaired) electrons. The minimum absolute atomic E-state index is 0.0164. The Balaban J connectivity index is 1.73. The number of nitrogens with zero attached hydrogens (tertiary/aromatic N) is 1. The van der Waals surface area contributed by atoms with Crippen molar-refractivity contribution in [3.8, 4) is 5.75 Å². The van der Waals surface area contributed by atoms with E-state index < -0.39 is 0 Å². The molecule has 0 spiro atoms. The van der Waals surface area contributed by atoms with E-state index in [9.17, 15) is 9.59 Å². The topological polar surface area (TPSA) is 58.6 Å². The van der Waals surface area contributed by atoms with Gasteiger partial charge in [-0.25, -0.2) is 0 Å². The summed E-state index contributed by atoms with van der Waals surface area (Å²) in [6, 6.07) is 17.5. The Morgan fingerprint density at radius 1 is 1.14 bits per heavy atom. The predicted molar refractivity (Wildman–Crippen MR) is 109 cm³/mol. The zero-order valence-corrected chi connectivity index (χ0v) is 16.6. The standard InChI is InChI=1S/C23H28N2O3/c1-3-25-21(26)14-13-20(22(25)18-9-11-19(28-2)12-10-18)23(27)24-16-15-17-7-5-4-6-8-17/h4-12,20,22H,3,13-16H2,1-2H3,(H,24,27)/t20-,22+/m1/s1. The third-order valence-electron chi connectivity index (χ3n) is 5.40. The number of hydrogen-bond donors (Lipinski definition) is 1. The first-order chi connectivity index (χ1) is 13.6. The van der Waals surface area contributed by atoms with Crippen molar-refractivity contribution in [1.82, 2.24) is 10.2 Å². The second-order valence-electron chi connectivity index (χ2n) is 7.07. The number of nitrogens with one attached hydrogen (secondary N) is 1. The van der Waals surface area contributed by atoms with Crippen LogP contribution in [0.3, 0.4) is 0 Å². The van der Waals surface area contributed by atoms with Crippen LogP contribution in [0.1, 0.15) is 36.9 Å². The number of carbonyl (C=O) groups excluding carboxylic acids is 2. The maximum absolute atomic E-state index is 13.0. The van der Waals surface area contributed by atoms with E-state index in [1.54, 1.807) is 7.11 Å². The fourth-order valence-electron chi connectivity index (χ4n) is 3.92. The average molecular weight is 380 g/mol. The highest BCUT2D eigenvalue weighted by Crippen LogP contribution is 2.37. The van der Waals surface area contributed by atoms with Gasteiger partial charge in [0.15, 0.2) is 0 Å². The Hall–Kier alpha value is -2.82. The average Bonchev–Trinajstić information content (AvgIpc) is 2.74. The van der Waals surface area contributed by atoms with E-state index >= 15 is 0 Å². The fourth-order valence-corrected chi connectivity index (χ4v) is 3.92. The van der Waals surface area contributed by atoms with E-state index in [1.807, 2.05) is 54.3 Å². The van der Waals surface area contributed by atoms with Gasteiger partial charge >= 0.3 is 0 Å². The largest absolute Gasteiger partial charge is 0.497 e. The van der Waals surface area contributed by atoms with Crippen LogP contribution in [0.2, 0.25) is 0 Å². The summed E-state index contributed by atoms with van der Waals surface area (Å²) in [6.07, 6.45) is 1.78. The van der Waals surface area contributed by atoms with Crippen LogP contribution in [0.15, 0.2) is 54.6 Å². The molecular weight excluding hydrogens is 352 g/mol. The Kier molecular flexibility index (Phi) is 6.69. The maximum Gasteiger partial charge on any atom is 0.225 e. The van der Waals surface area contributed by atoms with E-state index in [4.69, 9.17) is 4.74 Å². The number of piperidine rings is 1. The summed E-state index contributed by atoms with van der Waals surface area (Å²) in [5.41, 5.74) is 2.17. The van der Waals surface area contributed by atoms with E-state index in [0.29, 0.717) is 25.9 Å². The van der Waals surface area contributed by atoms with Gasteiger partial charge in [0, 0.05) is 19.5 Å². The van der Waals surface area contributed by atoms with Gasteiger partial charge in [0.25, 0.3) is 0 Å². The first-order valence-electron chi connectivity index (χ1n) is 9.89. The number of likely N-dealkylation sites (tertiary alicyclic amines) is 1. The van der Waals surface area contributed by atoms with Gasteiger partial charge < -0.3 is 15.0 Å². The molecule has 0 aliphatic carbocycles. The highest BCUT2D eigenvalue weighted by molar-refractivity contribution is 5.85. The van der Waals surface area contributed by atoms with Gasteiger partial charge in [0.1, 0.15) is 5.75 Å². The molecule has 1 fully saturated rings. The minimum Gasteiger partial charge on any atom is -0.497 e. The Morgan fingerprint density at radius 2 is 1.86 bits per heavy atom. The molecule has 1 aliphatic rings. The molecule has 3 rings (SSSR count). The van der Waals surface area contributed by atoms with E-state index in [0.717, 1.165) is 17.7 Å². The van der Waals surface area contributed by atoms with Crippen LogP contribution >= 0.6 is 0 Å². The molecule has 148 valence electrons. The highest BCUT2D eigenvalue weighted by Gasteiger charge is 2.39. The van der Waals surface area contributed by atoms with Crippen molar-refractivity contribution < 1.29 is 14.3 Å². The third kappa shape index (κ3) is 4.53. The molecule has 0 unspecified atom stereocenters. The normalized spacial score (nSPS) is 19.4. The van der Waals surface area contributed by atoms with Gasteiger partial charge in [0.2, 0.25) is 11.8 Å². The molecular formula is C23H28N2O3. The summed E-state index contributed by atoms with van der Waals surface area (Å²) in [5.74, 6) is 0.638. The quantitative estimate of drug-likeness (QED) is 0.801. The third-order valence-corrected chi connectivity index (χ3v) is 5.40. The van der Waals surface area contributed by atoms with E-state index in [2.05, 4.69) is 17.4 Å². The van der Waals surface area contributed by atoms with Crippen LogP contribution in [0.4, 0.5) is 0 Å². The number of carbonyl (C=O) groups is 2. The second kappa shape index (κ2) is 9.40. The van der Waals surface area contributed by atoms with Crippen molar-refractivity contribution in [3.63, 3.8) is 0 Å². The number of rotatable bonds is 7. The fraction of sp³-hybridized carbons (Fsp3) is 0.391. The van der Waals surface area contributed by atoms with Crippen molar-refractivity contribution in [3.05, 3.63) is 65.7 Å². The first-order valence-corrected chi connectivity index (χ1v) is 9.89. The van der Waals surface area contributed by atoms with Crippen LogP contribution in [0.5, 0.6) is 5.75 Å². The monoisotopic (exact) mass is 380 g/mol. The summed E-state index contributed by atoms with van der Waals surface area (Å²) in [6.45, 7) is 3.14. The Morgan fingerprint density at radius 3 is 2.50 bits per heavy atom. The molecule has 1 saturated heterocycles. The molecule has 2 aromatic rings. The van der Waals surface area contributed by atoms with Crippen molar-refractivity contribution in [2.45, 2.75) is 32.2 Å². The van der Waals surface area contributed by atoms with Crippen molar-refractivity contribution in [2.24, 2.45) is 5.92 Å². The maximum atomic E-state index is 13.0. The Bertz CT molecular complexity index is 789. The molecule has 2 atom stereocenters. The number of amides is 2. The lowest BCUT2D eigenvalue weighted by molar-refractivity contribution is -0.143. The smallest absolute Gasteiger partial charge is 0.225 e. The predicted octanol–water partition coefficient (Wildman–Crippen LogP) is 3.35. The lowest BCUT2D eigenvalue weighted by Gasteiger charge is -2.40. The van der Waals surface area contributed by atoms with Crippen LogP contribution in [-0.2, 0) is 16.0 Å². The van der Waals surface area contributed by atoms with E-state index in [-0.39, 0.29) is 23.8 Å². The summed E-state index contributed by atoms with van der Waals surface area (Å²) in [5, 5.41) is 3.08. The van der Waals surface area contributed by atoms with Crippen LogP contribution in [-0.4, -0.2) is 36.9 Å². The molecule has 28 heavy (non-hydrogen) atoms. The van der Waals surface area contributed by atoms with Gasteiger partial charge in [-0.2, -0.15) is 0 Å². The number of benzene rings is 2. The van der Waals surface area contributed by atoms with Crippen molar-refractivity contribution in [2.75, 3.05) is 20.2 Å². The van der Waals surface area contributed by atoms with Gasteiger partial charge in [0.05, 0.1) is 19.1 Å². The number of ether oxygens (including phenoxy) is 1. The van der Waals surface area contributed by atoms with Crippen LogP contribution in [0, 0.1) is 5.92 Å². The molecule has 2 amide bonds. The first kappa shape index (κ1) is 19.9. The lowest BCUT2D eigenvalue weighted by atomic mass is 9.83. The molecule has 5 heteroatoms. The highest BCUT2D eigenvalue weighted by atomic mass is 16.5. The molecule has 0 bridgehead atoms. The zero-order chi connectivity index (χ0) is 19.9. The second-order valence-corrected chi connectivity index (χ2v) is 7.07. The SMILES string of the molecule is CCN1C(=O)CC[C@@H](C(=O)NCCc2ccccc2)[C@@H]1c1ccc(OC)cc1. The van der Waals surface area contributed by atoms with Crippen LogP contribution < -0.4 is 10.1 Å². The molecule has 0 aromatic heterocycles. The van der Waals surface area contributed by atoms with Gasteiger partial charge in [-0.3, -0.25) is 9.59 Å². The summed E-state index contributed by atoms with van der Waals surface area (Å²) < 4.78 is 5.24. The molecule has 1 aliphatic heterocycles. The molecule has 2 aromatic carbocycles. The number of hydrogen-bond acceptors (Lipinski definition) is 3. The van der Waals surface area contributed by atoms with Gasteiger partial charge in [-0.05, 0) is 43.0 Å². The minimum atomic E-state index is -0.248. The summed E-state index contributed by atoms with van der Waals surface area (Å²) >= 11 is 0. The Labute approximate surface area is 166 Å². The molecule has 1 N–H and O–H groups in total. The van der Waals surface area contributed by atoms with Gasteiger partial charge in [-0.15, -0.1) is 0 Å². The molecule has 0 saturated carbocycles. The van der Waals surface area contributed by atoms with Crippen molar-refractivity contribution in [1.29, 1.82) is 0 Å². The number of methoxy groups -OCH3 is 1. The molecule has 1 heterocycles. The van der Waals surface area contributed by atoms with E-state index in [1.165, 1.54) is 5.56 Å². The molecule has 5 nitrogen and oxygen atoms in total. The van der Waals surface area contributed by atoms with Gasteiger partial charge in [-0.1, -0.05) is 42.5 Å². The van der Waals surface area contributed by atoms with Crippen molar-refractivity contribution >= 4 is 11.8 Å². The van der Waals surface area contributed by atoms with Crippen LogP contribution in [0.25, 0.3) is 0 Å². The summed E-state index contributed by atoms with van der Waals surface area (Å²) in [7, 11) is 1.63.